The molecule has 1 aromatic heterocycles. The highest BCUT2D eigenvalue weighted by molar-refractivity contribution is 6.22. The van der Waals surface area contributed by atoms with Crippen molar-refractivity contribution in [2.45, 2.75) is 0 Å². The molecule has 10 rings (SSSR count). The van der Waals surface area contributed by atoms with Gasteiger partial charge in [-0.05, 0) is 89.5 Å². The number of benzene rings is 9. The first-order valence-electron chi connectivity index (χ1n) is 22.3. The molecule has 0 saturated carbocycles. The van der Waals surface area contributed by atoms with Crippen LogP contribution in [0.4, 0.5) is 0 Å². The summed E-state index contributed by atoms with van der Waals surface area (Å²) in [6.07, 6.45) is 0. The first-order valence-corrected chi connectivity index (χ1v) is 15.8. The van der Waals surface area contributed by atoms with Gasteiger partial charge in [-0.2, -0.15) is 0 Å². The van der Waals surface area contributed by atoms with Gasteiger partial charge >= 0.3 is 0 Å². The summed E-state index contributed by atoms with van der Waals surface area (Å²) in [4.78, 5) is 0. The van der Waals surface area contributed by atoms with Crippen LogP contribution < -0.4 is 0 Å². The highest BCUT2D eigenvalue weighted by atomic mass is 16.3. The largest absolute Gasteiger partial charge is 0.455 e. The van der Waals surface area contributed by atoms with Crippen LogP contribution in [0.1, 0.15) is 17.8 Å². The maximum atomic E-state index is 9.26. The molecule has 0 aliphatic rings. The van der Waals surface area contributed by atoms with Crippen molar-refractivity contribution in [2.75, 3.05) is 0 Å². The van der Waals surface area contributed by atoms with Crippen molar-refractivity contribution in [1.29, 1.82) is 0 Å². The molecule has 1 nitrogen and oxygen atoms in total. The third-order valence-corrected chi connectivity index (χ3v) is 9.17. The van der Waals surface area contributed by atoms with Crippen LogP contribution >= 0.6 is 0 Å². The fourth-order valence-electron chi connectivity index (χ4n) is 7.04. The van der Waals surface area contributed by atoms with Gasteiger partial charge in [-0.3, -0.25) is 0 Å². The number of hydrogen-bond acceptors (Lipinski definition) is 1. The molecule has 0 atom stereocenters. The fourth-order valence-corrected chi connectivity index (χ4v) is 7.04. The second-order valence-corrected chi connectivity index (χ2v) is 11.9. The molecule has 0 saturated heterocycles. The minimum atomic E-state index is -0.713. The van der Waals surface area contributed by atoms with E-state index in [1.165, 1.54) is 0 Å². The maximum Gasteiger partial charge on any atom is 0.143 e. The van der Waals surface area contributed by atoms with E-state index in [2.05, 4.69) is 18.2 Å². The number of fused-ring (bicyclic) bond motifs is 6. The smallest absolute Gasteiger partial charge is 0.143 e. The van der Waals surface area contributed by atoms with Gasteiger partial charge in [0.1, 0.15) is 11.2 Å². The van der Waals surface area contributed by atoms with Gasteiger partial charge in [-0.25, -0.2) is 0 Å². The summed E-state index contributed by atoms with van der Waals surface area (Å²) in [5.74, 6) is 0. The van der Waals surface area contributed by atoms with E-state index in [0.29, 0.717) is 10.9 Å². The number of rotatable bonds is 4. The van der Waals surface area contributed by atoms with Gasteiger partial charge in [0, 0.05) is 16.3 Å². The zero-order valence-electron chi connectivity index (χ0n) is 38.7. The highest BCUT2D eigenvalue weighted by Crippen LogP contribution is 2.45. The zero-order chi connectivity index (χ0) is 43.6. The Hall–Kier alpha value is -6.44. The molecule has 49 heavy (non-hydrogen) atoms. The van der Waals surface area contributed by atoms with Crippen molar-refractivity contribution in [3.05, 3.63) is 182 Å². The van der Waals surface area contributed by atoms with E-state index in [4.69, 9.17) is 16.8 Å². The SMILES string of the molecule is [2H]c1c([2H])c([2H])c(-c2c3c([2H])c([2H])c([2H])c([2H])c3c(-c3ccc4cc(-c5cccc6c5oc5cccc(-c7ccccc7)c56)ccc4c3)c3c([2H])c([2H])c([2H])c([2H])c23)c([2H])c1[2H]. The summed E-state index contributed by atoms with van der Waals surface area (Å²) in [6.45, 7) is 0. The standard InChI is InChI=1S/C48H30O/c1-3-13-31(14-4-1)37-21-12-24-44-47(37)43-23-11-22-38(48(43)49-44)35-27-25-34-30-36(28-26-33(34)29-35)46-41-19-9-7-17-39(41)45(32-15-5-2-6-16-32)40-18-8-10-20-42(40)46/h1-30H/i2D,5D,6D,7D,8D,9D,10D,15D,16D,17D,18D,19D,20D. The van der Waals surface area contributed by atoms with E-state index in [1.807, 2.05) is 72.8 Å². The Morgan fingerprint density at radius 1 is 0.388 bits per heavy atom. The lowest BCUT2D eigenvalue weighted by Crippen LogP contribution is -1.90. The molecule has 1 heterocycles. The molecule has 1 heteroatoms. The Labute approximate surface area is 302 Å². The van der Waals surface area contributed by atoms with Crippen molar-refractivity contribution in [1.82, 2.24) is 0 Å². The Morgan fingerprint density at radius 2 is 0.959 bits per heavy atom. The summed E-state index contributed by atoms with van der Waals surface area (Å²) in [5.41, 5.74) is 5.05. The van der Waals surface area contributed by atoms with Crippen LogP contribution in [0.15, 0.2) is 186 Å². The van der Waals surface area contributed by atoms with Gasteiger partial charge in [0.25, 0.3) is 0 Å². The lowest BCUT2D eigenvalue weighted by Gasteiger charge is -2.18. The summed E-state index contributed by atoms with van der Waals surface area (Å²) >= 11 is 0. The molecule has 9 aromatic carbocycles. The number of furan rings is 1. The van der Waals surface area contributed by atoms with Crippen molar-refractivity contribution in [3.63, 3.8) is 0 Å². The van der Waals surface area contributed by atoms with E-state index in [9.17, 15) is 5.48 Å². The second kappa shape index (κ2) is 11.1. The average molecular weight is 636 g/mol. The van der Waals surface area contributed by atoms with E-state index in [-0.39, 0.29) is 32.7 Å². The van der Waals surface area contributed by atoms with E-state index < -0.39 is 84.1 Å². The minimum Gasteiger partial charge on any atom is -0.455 e. The summed E-state index contributed by atoms with van der Waals surface area (Å²) in [7, 11) is 0. The molecule has 0 unspecified atom stereocenters. The summed E-state index contributed by atoms with van der Waals surface area (Å²) < 4.78 is 121. The fraction of sp³-hybridized carbons (Fsp3) is 0. The van der Waals surface area contributed by atoms with Gasteiger partial charge in [-0.1, -0.05) is 163 Å². The van der Waals surface area contributed by atoms with Crippen LogP contribution in [-0.4, -0.2) is 0 Å². The van der Waals surface area contributed by atoms with E-state index in [1.54, 1.807) is 12.1 Å². The Bertz CT molecular complexity index is 3510. The molecule has 0 aliphatic carbocycles. The van der Waals surface area contributed by atoms with Crippen molar-refractivity contribution in [3.8, 4) is 44.5 Å². The lowest BCUT2D eigenvalue weighted by atomic mass is 9.85. The molecule has 0 aliphatic heterocycles. The van der Waals surface area contributed by atoms with Crippen LogP contribution in [0, 0.1) is 0 Å². The topological polar surface area (TPSA) is 13.1 Å². The van der Waals surface area contributed by atoms with Crippen molar-refractivity contribution in [2.24, 2.45) is 0 Å². The lowest BCUT2D eigenvalue weighted by molar-refractivity contribution is 0.670. The van der Waals surface area contributed by atoms with E-state index >= 15 is 0 Å². The molecule has 0 amide bonds. The van der Waals surface area contributed by atoms with Gasteiger partial charge < -0.3 is 4.42 Å². The van der Waals surface area contributed by atoms with Crippen molar-refractivity contribution < 1.29 is 22.2 Å². The molecule has 0 spiro atoms. The van der Waals surface area contributed by atoms with Gasteiger partial charge in [-0.15, -0.1) is 0 Å². The Kier molecular flexibility index (Phi) is 3.99. The summed E-state index contributed by atoms with van der Waals surface area (Å²) in [5, 5.41) is 2.75. The quantitative estimate of drug-likeness (QED) is 0.175. The average Bonchev–Trinajstić information content (AvgIpc) is 3.69. The van der Waals surface area contributed by atoms with Crippen LogP contribution in [0.25, 0.3) is 98.8 Å². The molecule has 10 aromatic rings. The summed E-state index contributed by atoms with van der Waals surface area (Å²) in [6, 6.07) is 25.1. The minimum absolute atomic E-state index is 0.0809. The number of hydrogen-bond donors (Lipinski definition) is 0. The Balaban J connectivity index is 1.25. The van der Waals surface area contributed by atoms with Crippen LogP contribution in [0.5, 0.6) is 0 Å². The molecule has 0 bridgehead atoms. The molecule has 0 N–H and O–H groups in total. The van der Waals surface area contributed by atoms with E-state index in [0.717, 1.165) is 49.6 Å². The van der Waals surface area contributed by atoms with Gasteiger partial charge in [0.2, 0.25) is 0 Å². The normalized spacial score (nSPS) is 15.4. The first kappa shape index (κ1) is 17.6. The van der Waals surface area contributed by atoms with Crippen LogP contribution in [-0.2, 0) is 0 Å². The predicted octanol–water partition coefficient (Wildman–Crippen LogP) is 13.7. The Morgan fingerprint density at radius 3 is 1.65 bits per heavy atom. The third kappa shape index (κ3) is 4.40. The second-order valence-electron chi connectivity index (χ2n) is 11.9. The zero-order valence-corrected chi connectivity index (χ0v) is 25.7. The highest BCUT2D eigenvalue weighted by Gasteiger charge is 2.18. The molecule has 228 valence electrons. The molecule has 0 radical (unpaired) electrons. The maximum absolute atomic E-state index is 9.26. The molecular formula is C48H30O. The van der Waals surface area contributed by atoms with Gasteiger partial charge in [0.05, 0.1) is 17.8 Å². The van der Waals surface area contributed by atoms with Crippen molar-refractivity contribution >= 4 is 54.3 Å². The van der Waals surface area contributed by atoms with Crippen LogP contribution in [0.2, 0.25) is 0 Å². The molecular weight excluding hydrogens is 593 g/mol. The monoisotopic (exact) mass is 635 g/mol. The molecule has 0 fully saturated rings. The van der Waals surface area contributed by atoms with Crippen LogP contribution in [0.3, 0.4) is 0 Å². The third-order valence-electron chi connectivity index (χ3n) is 9.17. The predicted molar refractivity (Wildman–Crippen MR) is 208 cm³/mol. The first-order chi connectivity index (χ1) is 29.7. The number of para-hydroxylation sites is 1. The van der Waals surface area contributed by atoms with Gasteiger partial charge in [0.15, 0.2) is 0 Å².